The summed E-state index contributed by atoms with van der Waals surface area (Å²) >= 11 is 0. The third-order valence-electron chi connectivity index (χ3n) is 3.22. The SMILES string of the molecule is COc1ccc([N+](=O)[O-])cc1S(=O)(=O)N(C)Cc1ccc(C)o1. The van der Waals surface area contributed by atoms with Crippen molar-refractivity contribution in [3.05, 3.63) is 52.0 Å². The molecule has 0 amide bonds. The molecule has 0 fully saturated rings. The highest BCUT2D eigenvalue weighted by Gasteiger charge is 2.28. The summed E-state index contributed by atoms with van der Waals surface area (Å²) in [7, 11) is -1.31. The average Bonchev–Trinajstić information content (AvgIpc) is 2.91. The summed E-state index contributed by atoms with van der Waals surface area (Å²) in [5.74, 6) is 1.18. The summed E-state index contributed by atoms with van der Waals surface area (Å²) in [6, 6.07) is 6.83. The zero-order valence-corrected chi connectivity index (χ0v) is 13.7. The van der Waals surface area contributed by atoms with Crippen molar-refractivity contribution in [2.75, 3.05) is 14.2 Å². The van der Waals surface area contributed by atoms with Crippen LogP contribution in [0.5, 0.6) is 5.75 Å². The van der Waals surface area contributed by atoms with Gasteiger partial charge in [-0.1, -0.05) is 0 Å². The van der Waals surface area contributed by atoms with Crippen LogP contribution in [0.15, 0.2) is 39.6 Å². The Labute approximate surface area is 133 Å². The molecule has 8 nitrogen and oxygen atoms in total. The second-order valence-electron chi connectivity index (χ2n) is 4.87. The van der Waals surface area contributed by atoms with Crippen LogP contribution in [0.2, 0.25) is 0 Å². The summed E-state index contributed by atoms with van der Waals surface area (Å²) < 4.78 is 36.8. The molecular weight excluding hydrogens is 324 g/mol. The van der Waals surface area contributed by atoms with Gasteiger partial charge < -0.3 is 9.15 Å². The van der Waals surface area contributed by atoms with Crippen LogP contribution >= 0.6 is 0 Å². The van der Waals surface area contributed by atoms with Crippen molar-refractivity contribution < 1.29 is 22.5 Å². The van der Waals surface area contributed by atoms with Crippen LogP contribution in [0.4, 0.5) is 5.69 Å². The third-order valence-corrected chi connectivity index (χ3v) is 5.05. The van der Waals surface area contributed by atoms with E-state index in [-0.39, 0.29) is 22.9 Å². The smallest absolute Gasteiger partial charge is 0.271 e. The molecular formula is C14H16N2O6S. The van der Waals surface area contributed by atoms with Gasteiger partial charge in [-0.05, 0) is 25.1 Å². The summed E-state index contributed by atoms with van der Waals surface area (Å²) in [6.07, 6.45) is 0. The van der Waals surface area contributed by atoms with Crippen LogP contribution < -0.4 is 4.74 Å². The van der Waals surface area contributed by atoms with E-state index < -0.39 is 14.9 Å². The molecule has 0 N–H and O–H groups in total. The van der Waals surface area contributed by atoms with Crippen LogP contribution in [0, 0.1) is 17.0 Å². The molecule has 124 valence electrons. The molecule has 2 rings (SSSR count). The van der Waals surface area contributed by atoms with E-state index in [1.54, 1.807) is 19.1 Å². The van der Waals surface area contributed by atoms with Gasteiger partial charge in [-0.2, -0.15) is 4.31 Å². The monoisotopic (exact) mass is 340 g/mol. The normalized spacial score (nSPS) is 11.7. The first-order valence-corrected chi connectivity index (χ1v) is 8.04. The Balaban J connectivity index is 2.41. The highest BCUT2D eigenvalue weighted by molar-refractivity contribution is 7.89. The van der Waals surface area contributed by atoms with E-state index in [0.717, 1.165) is 10.4 Å². The molecule has 0 saturated carbocycles. The number of nitro groups is 1. The zero-order valence-electron chi connectivity index (χ0n) is 12.8. The Morgan fingerprint density at radius 1 is 1.30 bits per heavy atom. The predicted molar refractivity (Wildman–Crippen MR) is 81.7 cm³/mol. The summed E-state index contributed by atoms with van der Waals surface area (Å²) in [5.41, 5.74) is -0.327. The van der Waals surface area contributed by atoms with Crippen molar-refractivity contribution in [3.8, 4) is 5.75 Å². The first-order valence-electron chi connectivity index (χ1n) is 6.60. The maximum absolute atomic E-state index is 12.7. The molecule has 0 atom stereocenters. The molecule has 1 aromatic heterocycles. The lowest BCUT2D eigenvalue weighted by Crippen LogP contribution is -2.26. The first-order chi connectivity index (χ1) is 10.8. The molecule has 2 aromatic rings. The number of methoxy groups -OCH3 is 1. The van der Waals surface area contributed by atoms with Crippen molar-refractivity contribution in [2.24, 2.45) is 0 Å². The number of non-ortho nitro benzene ring substituents is 1. The largest absolute Gasteiger partial charge is 0.495 e. The van der Waals surface area contributed by atoms with Gasteiger partial charge in [-0.3, -0.25) is 10.1 Å². The minimum Gasteiger partial charge on any atom is -0.495 e. The fourth-order valence-electron chi connectivity index (χ4n) is 2.02. The Kier molecular flexibility index (Phi) is 4.71. The number of ether oxygens (including phenoxy) is 1. The van der Waals surface area contributed by atoms with Gasteiger partial charge in [0.15, 0.2) is 0 Å². The number of sulfonamides is 1. The molecule has 1 heterocycles. The Morgan fingerprint density at radius 3 is 2.52 bits per heavy atom. The number of hydrogen-bond donors (Lipinski definition) is 0. The highest BCUT2D eigenvalue weighted by Crippen LogP contribution is 2.30. The van der Waals surface area contributed by atoms with Gasteiger partial charge in [-0.25, -0.2) is 8.42 Å². The lowest BCUT2D eigenvalue weighted by atomic mass is 10.3. The van der Waals surface area contributed by atoms with Crippen LogP contribution in [0.1, 0.15) is 11.5 Å². The number of rotatable bonds is 6. The molecule has 0 bridgehead atoms. The second kappa shape index (κ2) is 6.39. The third kappa shape index (κ3) is 3.51. The predicted octanol–water partition coefficient (Wildman–Crippen LogP) is 2.33. The van der Waals surface area contributed by atoms with Crippen molar-refractivity contribution in [2.45, 2.75) is 18.4 Å². The van der Waals surface area contributed by atoms with E-state index in [1.807, 2.05) is 0 Å². The van der Waals surface area contributed by atoms with E-state index >= 15 is 0 Å². The van der Waals surface area contributed by atoms with Crippen molar-refractivity contribution in [1.29, 1.82) is 0 Å². The highest BCUT2D eigenvalue weighted by atomic mass is 32.2. The molecule has 0 saturated heterocycles. The molecule has 0 aliphatic rings. The summed E-state index contributed by atoms with van der Waals surface area (Å²) in [6.45, 7) is 1.75. The van der Waals surface area contributed by atoms with Gasteiger partial charge in [0.25, 0.3) is 5.69 Å². The molecule has 23 heavy (non-hydrogen) atoms. The van der Waals surface area contributed by atoms with E-state index in [0.29, 0.717) is 11.5 Å². The van der Waals surface area contributed by atoms with Crippen molar-refractivity contribution >= 4 is 15.7 Å². The molecule has 0 aliphatic heterocycles. The van der Waals surface area contributed by atoms with Crippen LogP contribution in [0.3, 0.4) is 0 Å². The van der Waals surface area contributed by atoms with E-state index in [9.17, 15) is 18.5 Å². The lowest BCUT2D eigenvalue weighted by molar-refractivity contribution is -0.385. The molecule has 0 unspecified atom stereocenters. The van der Waals surface area contributed by atoms with Gasteiger partial charge in [-0.15, -0.1) is 0 Å². The Hall–Kier alpha value is -2.39. The van der Waals surface area contributed by atoms with E-state index in [2.05, 4.69) is 0 Å². The van der Waals surface area contributed by atoms with Gasteiger partial charge >= 0.3 is 0 Å². The lowest BCUT2D eigenvalue weighted by Gasteiger charge is -2.17. The van der Waals surface area contributed by atoms with Crippen molar-refractivity contribution in [3.63, 3.8) is 0 Å². The number of furan rings is 1. The number of benzene rings is 1. The van der Waals surface area contributed by atoms with Crippen LogP contribution in [-0.4, -0.2) is 31.8 Å². The maximum Gasteiger partial charge on any atom is 0.271 e. The molecule has 0 spiro atoms. The standard InChI is InChI=1S/C14H16N2O6S/c1-10-4-6-12(22-10)9-15(2)23(19,20)14-8-11(16(17)18)5-7-13(14)21-3/h4-8H,9H2,1-3H3. The molecule has 0 radical (unpaired) electrons. The van der Waals surface area contributed by atoms with Gasteiger partial charge in [0.05, 0.1) is 18.6 Å². The Bertz CT molecular complexity index is 828. The minimum atomic E-state index is -3.98. The Morgan fingerprint density at radius 2 is 2.00 bits per heavy atom. The average molecular weight is 340 g/mol. The van der Waals surface area contributed by atoms with E-state index in [4.69, 9.17) is 9.15 Å². The van der Waals surface area contributed by atoms with E-state index in [1.165, 1.54) is 26.3 Å². The minimum absolute atomic E-state index is 0.00200. The topological polar surface area (TPSA) is 103 Å². The molecule has 9 heteroatoms. The second-order valence-corrected chi connectivity index (χ2v) is 6.88. The van der Waals surface area contributed by atoms with Gasteiger partial charge in [0, 0.05) is 19.2 Å². The number of nitrogens with zero attached hydrogens (tertiary/aromatic N) is 2. The quantitative estimate of drug-likeness (QED) is 0.590. The first kappa shape index (κ1) is 17.0. The van der Waals surface area contributed by atoms with Crippen molar-refractivity contribution in [1.82, 2.24) is 4.31 Å². The summed E-state index contributed by atoms with van der Waals surface area (Å²) in [5, 5.41) is 10.9. The van der Waals surface area contributed by atoms with Crippen LogP contribution in [0.25, 0.3) is 0 Å². The maximum atomic E-state index is 12.7. The number of nitro benzene ring substituents is 1. The number of aryl methyl sites for hydroxylation is 1. The number of hydrogen-bond acceptors (Lipinski definition) is 6. The fraction of sp³-hybridized carbons (Fsp3) is 0.286. The fourth-order valence-corrected chi connectivity index (χ4v) is 3.33. The van der Waals surface area contributed by atoms with Gasteiger partial charge in [0.2, 0.25) is 10.0 Å². The van der Waals surface area contributed by atoms with Gasteiger partial charge in [0.1, 0.15) is 22.2 Å². The molecule has 1 aromatic carbocycles. The molecule has 0 aliphatic carbocycles. The summed E-state index contributed by atoms with van der Waals surface area (Å²) in [4.78, 5) is 9.96. The zero-order chi connectivity index (χ0) is 17.2. The van der Waals surface area contributed by atoms with Crippen LogP contribution in [-0.2, 0) is 16.6 Å².